The highest BCUT2D eigenvalue weighted by atomic mass is 19.4. The molecule has 6 nitrogen and oxygen atoms in total. The third-order valence-electron chi connectivity index (χ3n) is 3.50. The number of ether oxygens (including phenoxy) is 2. The van der Waals surface area contributed by atoms with Crippen LogP contribution in [0.1, 0.15) is 42.4 Å². The zero-order valence-electron chi connectivity index (χ0n) is 16.2. The van der Waals surface area contributed by atoms with Gasteiger partial charge in [-0.3, -0.25) is 4.79 Å². The van der Waals surface area contributed by atoms with Crippen LogP contribution in [0.3, 0.4) is 0 Å². The van der Waals surface area contributed by atoms with E-state index in [2.05, 4.69) is 10.3 Å². The van der Waals surface area contributed by atoms with E-state index in [4.69, 9.17) is 9.47 Å². The fourth-order valence-electron chi connectivity index (χ4n) is 2.14. The van der Waals surface area contributed by atoms with Crippen LogP contribution in [0.15, 0.2) is 42.6 Å². The van der Waals surface area contributed by atoms with Gasteiger partial charge in [0, 0.05) is 0 Å². The molecule has 1 aromatic heterocycles. The van der Waals surface area contributed by atoms with Crippen molar-refractivity contribution in [3.8, 4) is 5.75 Å². The van der Waals surface area contributed by atoms with Crippen LogP contribution in [0.5, 0.6) is 5.75 Å². The van der Waals surface area contributed by atoms with E-state index in [-0.39, 0.29) is 18.8 Å². The molecular formula is C20H21F3N2O4. The predicted octanol–water partition coefficient (Wildman–Crippen LogP) is 4.39. The average molecular weight is 410 g/mol. The molecule has 0 atom stereocenters. The summed E-state index contributed by atoms with van der Waals surface area (Å²) in [5.41, 5.74) is -0.717. The molecule has 0 aliphatic heterocycles. The van der Waals surface area contributed by atoms with Crippen LogP contribution in [0.4, 0.5) is 18.0 Å². The summed E-state index contributed by atoms with van der Waals surface area (Å²) in [6, 6.07) is 7.57. The molecule has 0 saturated carbocycles. The van der Waals surface area contributed by atoms with Gasteiger partial charge in [0.05, 0.1) is 18.3 Å². The summed E-state index contributed by atoms with van der Waals surface area (Å²) in [5, 5.41) is 2.35. The third-order valence-corrected chi connectivity index (χ3v) is 3.50. The zero-order chi connectivity index (χ0) is 21.7. The number of amides is 1. The molecule has 1 amide bonds. The predicted molar refractivity (Wildman–Crippen MR) is 98.6 cm³/mol. The van der Waals surface area contributed by atoms with Gasteiger partial charge in [0.2, 0.25) is 0 Å². The quantitative estimate of drug-likeness (QED) is 0.715. The normalized spacial score (nSPS) is 11.7. The number of nitrogens with zero attached hydrogens (tertiary/aromatic N) is 1. The average Bonchev–Trinajstić information content (AvgIpc) is 2.63. The fourth-order valence-corrected chi connectivity index (χ4v) is 2.14. The Hall–Kier alpha value is -3.10. The molecule has 0 aliphatic carbocycles. The molecule has 2 aromatic rings. The summed E-state index contributed by atoms with van der Waals surface area (Å²) in [6.45, 7) is 4.90. The van der Waals surface area contributed by atoms with Gasteiger partial charge < -0.3 is 14.8 Å². The number of hydrogen-bond acceptors (Lipinski definition) is 5. The van der Waals surface area contributed by atoms with Gasteiger partial charge >= 0.3 is 12.3 Å². The van der Waals surface area contributed by atoms with Crippen LogP contribution in [0, 0.1) is 0 Å². The lowest BCUT2D eigenvalue weighted by Crippen LogP contribution is -2.35. The Bertz CT molecular complexity index is 842. The molecule has 0 bridgehead atoms. The van der Waals surface area contributed by atoms with Gasteiger partial charge in [-0.25, -0.2) is 9.78 Å². The Morgan fingerprint density at radius 3 is 2.21 bits per heavy atom. The number of alkyl carbamates (subject to hydrolysis) is 1. The Morgan fingerprint density at radius 1 is 1.03 bits per heavy atom. The van der Waals surface area contributed by atoms with Crippen molar-refractivity contribution in [1.82, 2.24) is 10.3 Å². The van der Waals surface area contributed by atoms with Gasteiger partial charge in [-0.15, -0.1) is 0 Å². The lowest BCUT2D eigenvalue weighted by molar-refractivity contribution is -0.137. The number of carbonyl (C=O) groups excluding carboxylic acids is 2. The number of pyridine rings is 1. The molecule has 1 heterocycles. The molecular weight excluding hydrogens is 389 g/mol. The maximum atomic E-state index is 12.5. The second-order valence-electron chi connectivity index (χ2n) is 7.14. The fraction of sp³-hybridized carbons (Fsp3) is 0.350. The lowest BCUT2D eigenvalue weighted by Gasteiger charge is -2.19. The summed E-state index contributed by atoms with van der Waals surface area (Å²) in [5.74, 6) is -0.0632. The van der Waals surface area contributed by atoms with Crippen molar-refractivity contribution in [3.05, 3.63) is 59.4 Å². The maximum absolute atomic E-state index is 12.5. The van der Waals surface area contributed by atoms with Crippen molar-refractivity contribution < 1.29 is 32.2 Å². The second-order valence-corrected chi connectivity index (χ2v) is 7.14. The first-order valence-corrected chi connectivity index (χ1v) is 8.69. The molecule has 1 N–H and O–H groups in total. The molecule has 156 valence electrons. The van der Waals surface area contributed by atoms with Crippen molar-refractivity contribution >= 4 is 11.9 Å². The number of aromatic nitrogens is 1. The van der Waals surface area contributed by atoms with Gasteiger partial charge in [-0.1, -0.05) is 12.1 Å². The van der Waals surface area contributed by atoms with E-state index >= 15 is 0 Å². The third kappa shape index (κ3) is 7.44. The number of nitrogens with one attached hydrogen (secondary N) is 1. The standard InChI is InChI=1S/C20H21F3N2O4/c1-19(2,3)29-18(27)25-11-17(26)16-9-8-15(10-24-16)28-12-13-4-6-14(7-5-13)20(21,22)23/h4-10H,11-12H2,1-3H3,(H,25,27). The van der Waals surface area contributed by atoms with Crippen molar-refractivity contribution in [2.45, 2.75) is 39.2 Å². The molecule has 0 radical (unpaired) electrons. The summed E-state index contributed by atoms with van der Waals surface area (Å²) >= 11 is 0. The molecule has 0 fully saturated rings. The van der Waals surface area contributed by atoms with Crippen LogP contribution in [0.2, 0.25) is 0 Å². The number of ketones is 1. The summed E-state index contributed by atoms with van der Waals surface area (Å²) in [7, 11) is 0. The van der Waals surface area contributed by atoms with E-state index in [0.717, 1.165) is 12.1 Å². The minimum Gasteiger partial charge on any atom is -0.487 e. The highest BCUT2D eigenvalue weighted by molar-refractivity contribution is 5.97. The number of carbonyl (C=O) groups is 2. The Morgan fingerprint density at radius 2 is 1.69 bits per heavy atom. The van der Waals surface area contributed by atoms with Crippen LogP contribution in [-0.4, -0.2) is 29.0 Å². The summed E-state index contributed by atoms with van der Waals surface area (Å²) in [6.07, 6.45) is -3.77. The van der Waals surface area contributed by atoms with E-state index < -0.39 is 29.2 Å². The highest BCUT2D eigenvalue weighted by Crippen LogP contribution is 2.29. The largest absolute Gasteiger partial charge is 0.487 e. The van der Waals surface area contributed by atoms with Gasteiger partial charge in [-0.2, -0.15) is 13.2 Å². The van der Waals surface area contributed by atoms with Gasteiger partial charge in [0.15, 0.2) is 5.78 Å². The zero-order valence-corrected chi connectivity index (χ0v) is 16.2. The maximum Gasteiger partial charge on any atom is 0.416 e. The molecule has 0 unspecified atom stereocenters. The highest BCUT2D eigenvalue weighted by Gasteiger charge is 2.29. The molecule has 0 saturated heterocycles. The number of rotatable bonds is 6. The SMILES string of the molecule is CC(C)(C)OC(=O)NCC(=O)c1ccc(OCc2ccc(C(F)(F)F)cc2)cn1. The minimum absolute atomic E-state index is 0.0489. The molecule has 1 aromatic carbocycles. The monoisotopic (exact) mass is 410 g/mol. The lowest BCUT2D eigenvalue weighted by atomic mass is 10.1. The number of benzene rings is 1. The van der Waals surface area contributed by atoms with E-state index in [1.54, 1.807) is 20.8 Å². The van der Waals surface area contributed by atoms with Crippen molar-refractivity contribution in [1.29, 1.82) is 0 Å². The molecule has 0 spiro atoms. The first-order chi connectivity index (χ1) is 13.4. The molecule has 2 rings (SSSR count). The minimum atomic E-state index is -4.38. The number of Topliss-reactive ketones (excluding diaryl/α,β-unsaturated/α-hetero) is 1. The Labute approximate surface area is 166 Å². The van der Waals surface area contributed by atoms with E-state index in [1.165, 1.54) is 30.5 Å². The van der Waals surface area contributed by atoms with Crippen molar-refractivity contribution in [2.75, 3.05) is 6.54 Å². The van der Waals surface area contributed by atoms with Crippen LogP contribution < -0.4 is 10.1 Å². The number of alkyl halides is 3. The van der Waals surface area contributed by atoms with Gasteiger partial charge in [-0.05, 0) is 50.6 Å². The smallest absolute Gasteiger partial charge is 0.416 e. The van der Waals surface area contributed by atoms with Gasteiger partial charge in [0.1, 0.15) is 23.7 Å². The first kappa shape index (κ1) is 22.2. The summed E-state index contributed by atoms with van der Waals surface area (Å²) < 4.78 is 48.1. The summed E-state index contributed by atoms with van der Waals surface area (Å²) in [4.78, 5) is 27.6. The first-order valence-electron chi connectivity index (χ1n) is 8.69. The Balaban J connectivity index is 1.85. The molecule has 0 aliphatic rings. The molecule has 9 heteroatoms. The van der Waals surface area contributed by atoms with E-state index in [1.807, 2.05) is 0 Å². The number of hydrogen-bond donors (Lipinski definition) is 1. The van der Waals surface area contributed by atoms with E-state index in [9.17, 15) is 22.8 Å². The van der Waals surface area contributed by atoms with E-state index in [0.29, 0.717) is 11.3 Å². The molecule has 29 heavy (non-hydrogen) atoms. The topological polar surface area (TPSA) is 77.5 Å². The Kier molecular flexibility index (Phi) is 6.84. The van der Waals surface area contributed by atoms with Crippen molar-refractivity contribution in [3.63, 3.8) is 0 Å². The number of halogens is 3. The van der Waals surface area contributed by atoms with Crippen LogP contribution in [-0.2, 0) is 17.5 Å². The van der Waals surface area contributed by atoms with Crippen molar-refractivity contribution in [2.24, 2.45) is 0 Å². The van der Waals surface area contributed by atoms with Crippen LogP contribution >= 0.6 is 0 Å². The second kappa shape index (κ2) is 8.93. The van der Waals surface area contributed by atoms with Gasteiger partial charge in [0.25, 0.3) is 0 Å². The van der Waals surface area contributed by atoms with Crippen LogP contribution in [0.25, 0.3) is 0 Å².